The van der Waals surface area contributed by atoms with Crippen molar-refractivity contribution in [2.45, 2.75) is 18.6 Å². The van der Waals surface area contributed by atoms with Crippen LogP contribution in [0, 0.1) is 0 Å². The number of benzene rings is 2. The third-order valence-corrected chi connectivity index (χ3v) is 5.51. The minimum atomic E-state index is -0.119. The lowest BCUT2D eigenvalue weighted by molar-refractivity contribution is -0.113. The topological polar surface area (TPSA) is 75.6 Å². The lowest BCUT2D eigenvalue weighted by atomic mass is 10.1. The summed E-state index contributed by atoms with van der Waals surface area (Å²) in [6.45, 7) is 2.75. The molecule has 28 heavy (non-hydrogen) atoms. The van der Waals surface area contributed by atoms with Crippen LogP contribution in [-0.4, -0.2) is 31.4 Å². The van der Waals surface area contributed by atoms with Gasteiger partial charge in [-0.25, -0.2) is 0 Å². The fraction of sp³-hybridized carbons (Fsp3) is 0.150. The molecule has 4 aromatic rings. The smallest absolute Gasteiger partial charge is 0.234 e. The SMILES string of the molecule is CCn1c(SCC(=O)Nc2cccc(Cl)c2)nnc1-c1c[nH]c2ccccc12. The second-order valence-corrected chi connectivity index (χ2v) is 7.52. The Hall–Kier alpha value is -2.77. The van der Waals surface area contributed by atoms with Gasteiger partial charge in [-0.3, -0.25) is 4.79 Å². The predicted molar refractivity (Wildman–Crippen MR) is 114 cm³/mol. The van der Waals surface area contributed by atoms with E-state index in [2.05, 4.69) is 26.6 Å². The molecule has 0 saturated heterocycles. The summed E-state index contributed by atoms with van der Waals surface area (Å²) in [6, 6.07) is 15.2. The fourth-order valence-corrected chi connectivity index (χ4v) is 4.02. The lowest BCUT2D eigenvalue weighted by Crippen LogP contribution is -2.14. The number of carbonyl (C=O) groups excluding carboxylic acids is 1. The van der Waals surface area contributed by atoms with Crippen molar-refractivity contribution < 1.29 is 4.79 Å². The standard InChI is InChI=1S/C20H18ClN5OS/c1-2-26-19(16-11-22-17-9-4-3-8-15(16)17)24-25-20(26)28-12-18(27)23-14-7-5-6-13(21)10-14/h3-11,22H,2,12H2,1H3,(H,23,27). The number of hydrogen-bond donors (Lipinski definition) is 2. The van der Waals surface area contributed by atoms with Crippen molar-refractivity contribution in [2.24, 2.45) is 0 Å². The monoisotopic (exact) mass is 411 g/mol. The number of halogens is 1. The molecule has 1 amide bonds. The van der Waals surface area contributed by atoms with Crippen molar-refractivity contribution in [1.29, 1.82) is 0 Å². The van der Waals surface area contributed by atoms with Gasteiger partial charge in [0, 0.05) is 39.9 Å². The summed E-state index contributed by atoms with van der Waals surface area (Å²) >= 11 is 7.31. The summed E-state index contributed by atoms with van der Waals surface area (Å²) in [7, 11) is 0. The quantitative estimate of drug-likeness (QED) is 0.445. The number of amides is 1. The normalized spacial score (nSPS) is 11.1. The number of thioether (sulfide) groups is 1. The van der Waals surface area contributed by atoms with Gasteiger partial charge in [-0.15, -0.1) is 10.2 Å². The van der Waals surface area contributed by atoms with E-state index in [0.717, 1.165) is 22.3 Å². The molecule has 8 heteroatoms. The summed E-state index contributed by atoms with van der Waals surface area (Å²) in [5.74, 6) is 0.905. The molecule has 0 atom stereocenters. The Morgan fingerprint density at radius 2 is 2.07 bits per heavy atom. The van der Waals surface area contributed by atoms with Gasteiger partial charge >= 0.3 is 0 Å². The molecular formula is C20H18ClN5OS. The number of hydrogen-bond acceptors (Lipinski definition) is 4. The maximum absolute atomic E-state index is 12.3. The highest BCUT2D eigenvalue weighted by Crippen LogP contribution is 2.30. The molecular weight excluding hydrogens is 394 g/mol. The molecule has 0 spiro atoms. The molecule has 2 aromatic heterocycles. The van der Waals surface area contributed by atoms with Gasteiger partial charge in [0.2, 0.25) is 5.91 Å². The largest absolute Gasteiger partial charge is 0.360 e. The molecule has 6 nitrogen and oxygen atoms in total. The molecule has 2 heterocycles. The van der Waals surface area contributed by atoms with Crippen molar-refractivity contribution in [3.05, 3.63) is 59.8 Å². The molecule has 4 rings (SSSR count). The number of aromatic nitrogens is 4. The lowest BCUT2D eigenvalue weighted by Gasteiger charge is -2.07. The van der Waals surface area contributed by atoms with Gasteiger partial charge in [0.1, 0.15) is 0 Å². The van der Waals surface area contributed by atoms with E-state index in [1.165, 1.54) is 11.8 Å². The Balaban J connectivity index is 1.51. The van der Waals surface area contributed by atoms with E-state index in [-0.39, 0.29) is 11.7 Å². The van der Waals surface area contributed by atoms with Crippen molar-refractivity contribution in [2.75, 3.05) is 11.1 Å². The molecule has 0 radical (unpaired) electrons. The Morgan fingerprint density at radius 3 is 2.89 bits per heavy atom. The number of para-hydroxylation sites is 1. The van der Waals surface area contributed by atoms with Crippen molar-refractivity contribution in [3.8, 4) is 11.4 Å². The van der Waals surface area contributed by atoms with E-state index in [4.69, 9.17) is 11.6 Å². The van der Waals surface area contributed by atoms with Crippen LogP contribution in [0.15, 0.2) is 59.9 Å². The van der Waals surface area contributed by atoms with Crippen LogP contribution < -0.4 is 5.32 Å². The summed E-state index contributed by atoms with van der Waals surface area (Å²) < 4.78 is 2.02. The molecule has 2 N–H and O–H groups in total. The van der Waals surface area contributed by atoms with Crippen molar-refractivity contribution >= 4 is 45.9 Å². The number of H-pyrrole nitrogens is 1. The van der Waals surface area contributed by atoms with Gasteiger partial charge in [0.05, 0.1) is 5.75 Å². The third-order valence-electron chi connectivity index (χ3n) is 4.30. The highest BCUT2D eigenvalue weighted by Gasteiger charge is 2.17. The molecule has 0 saturated carbocycles. The number of aromatic amines is 1. The van der Waals surface area contributed by atoms with E-state index in [1.807, 2.05) is 35.9 Å². The number of rotatable bonds is 6. The molecule has 0 unspecified atom stereocenters. The second-order valence-electron chi connectivity index (χ2n) is 6.15. The minimum absolute atomic E-state index is 0.119. The van der Waals surface area contributed by atoms with E-state index in [1.54, 1.807) is 24.3 Å². The molecule has 0 aliphatic rings. The van der Waals surface area contributed by atoms with E-state index < -0.39 is 0 Å². The molecule has 2 aromatic carbocycles. The Morgan fingerprint density at radius 1 is 1.21 bits per heavy atom. The maximum atomic E-state index is 12.3. The first-order valence-electron chi connectivity index (χ1n) is 8.83. The van der Waals surface area contributed by atoms with Gasteiger partial charge < -0.3 is 14.9 Å². The average molecular weight is 412 g/mol. The summed E-state index contributed by atoms with van der Waals surface area (Å²) in [5.41, 5.74) is 2.73. The van der Waals surface area contributed by atoms with Crippen molar-refractivity contribution in [3.63, 3.8) is 0 Å². The predicted octanol–water partition coefficient (Wildman–Crippen LogP) is 4.83. The zero-order valence-corrected chi connectivity index (χ0v) is 16.7. The van der Waals surface area contributed by atoms with Crippen LogP contribution in [0.3, 0.4) is 0 Å². The van der Waals surface area contributed by atoms with Gasteiger partial charge in [-0.2, -0.15) is 0 Å². The molecule has 0 aliphatic carbocycles. The molecule has 142 valence electrons. The number of anilines is 1. The first kappa shape index (κ1) is 18.6. The van der Waals surface area contributed by atoms with Crippen LogP contribution in [0.5, 0.6) is 0 Å². The molecule has 0 aliphatic heterocycles. The molecule has 0 bridgehead atoms. The van der Waals surface area contributed by atoms with Crippen molar-refractivity contribution in [1.82, 2.24) is 19.7 Å². The highest BCUT2D eigenvalue weighted by atomic mass is 35.5. The van der Waals surface area contributed by atoms with Gasteiger partial charge in [-0.05, 0) is 31.2 Å². The third kappa shape index (κ3) is 3.76. The summed E-state index contributed by atoms with van der Waals surface area (Å²) in [6.07, 6.45) is 1.95. The zero-order chi connectivity index (χ0) is 19.5. The van der Waals surface area contributed by atoms with E-state index in [0.29, 0.717) is 22.4 Å². The second kappa shape index (κ2) is 8.08. The van der Waals surface area contributed by atoms with Crippen LogP contribution in [0.4, 0.5) is 5.69 Å². The number of nitrogens with zero attached hydrogens (tertiary/aromatic N) is 3. The van der Waals surface area contributed by atoms with Gasteiger partial charge in [-0.1, -0.05) is 47.6 Å². The zero-order valence-electron chi connectivity index (χ0n) is 15.1. The van der Waals surface area contributed by atoms with Crippen LogP contribution in [0.1, 0.15) is 6.92 Å². The number of nitrogens with one attached hydrogen (secondary N) is 2. The van der Waals surface area contributed by atoms with Gasteiger partial charge in [0.25, 0.3) is 0 Å². The first-order chi connectivity index (χ1) is 13.7. The summed E-state index contributed by atoms with van der Waals surface area (Å²) in [4.78, 5) is 15.5. The average Bonchev–Trinajstić information content (AvgIpc) is 3.29. The van der Waals surface area contributed by atoms with Crippen LogP contribution in [0.25, 0.3) is 22.3 Å². The van der Waals surface area contributed by atoms with Crippen LogP contribution >= 0.6 is 23.4 Å². The Bertz CT molecular complexity index is 1140. The fourth-order valence-electron chi connectivity index (χ4n) is 3.03. The van der Waals surface area contributed by atoms with E-state index in [9.17, 15) is 4.79 Å². The van der Waals surface area contributed by atoms with Crippen LogP contribution in [0.2, 0.25) is 5.02 Å². The Kier molecular flexibility index (Phi) is 5.36. The number of fused-ring (bicyclic) bond motifs is 1. The minimum Gasteiger partial charge on any atom is -0.360 e. The van der Waals surface area contributed by atoms with Gasteiger partial charge in [0.15, 0.2) is 11.0 Å². The van der Waals surface area contributed by atoms with Crippen LogP contribution in [-0.2, 0) is 11.3 Å². The first-order valence-corrected chi connectivity index (χ1v) is 10.2. The summed E-state index contributed by atoms with van der Waals surface area (Å²) in [5, 5.41) is 13.9. The highest BCUT2D eigenvalue weighted by molar-refractivity contribution is 7.99. The number of carbonyl (C=O) groups is 1. The molecule has 0 fully saturated rings. The van der Waals surface area contributed by atoms with E-state index >= 15 is 0 Å². The maximum Gasteiger partial charge on any atom is 0.234 e. The Labute approximate surface area is 171 Å².